The van der Waals surface area contributed by atoms with E-state index in [0.29, 0.717) is 30.6 Å². The van der Waals surface area contributed by atoms with Crippen LogP contribution in [0, 0.1) is 56.7 Å². The number of aliphatic hydroxyl groups excluding tert-OH is 1. The molecule has 0 radical (unpaired) electrons. The lowest BCUT2D eigenvalue weighted by atomic mass is 9.33. The maximum Gasteiger partial charge on any atom is 0.310 e. The van der Waals surface area contributed by atoms with Gasteiger partial charge < -0.3 is 15.0 Å². The van der Waals surface area contributed by atoms with Crippen molar-refractivity contribution in [3.8, 4) is 0 Å². The van der Waals surface area contributed by atoms with Crippen molar-refractivity contribution in [2.45, 2.75) is 105 Å². The molecule has 5 rings (SSSR count). The summed E-state index contributed by atoms with van der Waals surface area (Å²) >= 11 is 0. The van der Waals surface area contributed by atoms with Gasteiger partial charge in [0.05, 0.1) is 16.9 Å². The Morgan fingerprint density at radius 3 is 2.32 bits per heavy atom. The van der Waals surface area contributed by atoms with Crippen LogP contribution < -0.4 is 0 Å². The second-order valence-corrected chi connectivity index (χ2v) is 14.2. The van der Waals surface area contributed by atoms with Gasteiger partial charge in [-0.05, 0) is 104 Å². The van der Waals surface area contributed by atoms with E-state index < -0.39 is 16.8 Å². The first-order chi connectivity index (χ1) is 15.8. The van der Waals surface area contributed by atoms with E-state index >= 15 is 0 Å². The number of allylic oxidation sites excluding steroid dienone is 2. The molecule has 5 aliphatic carbocycles. The van der Waals surface area contributed by atoms with E-state index in [4.69, 9.17) is 0 Å². The minimum atomic E-state index is -0.717. The van der Waals surface area contributed by atoms with Crippen LogP contribution in [0.3, 0.4) is 0 Å². The van der Waals surface area contributed by atoms with Crippen LogP contribution in [0.15, 0.2) is 11.6 Å². The van der Waals surface area contributed by atoms with Crippen LogP contribution in [-0.2, 0) is 9.59 Å². The fourth-order valence-electron chi connectivity index (χ4n) is 10.8. The van der Waals surface area contributed by atoms with Gasteiger partial charge in [0.25, 0.3) is 0 Å². The van der Waals surface area contributed by atoms with E-state index in [9.17, 15) is 19.8 Å². The third kappa shape index (κ3) is 2.70. The number of aliphatic carboxylic acids is 1. The Hall–Kier alpha value is -1.16. The van der Waals surface area contributed by atoms with E-state index in [1.165, 1.54) is 11.9 Å². The first-order valence-electron chi connectivity index (χ1n) is 13.9. The summed E-state index contributed by atoms with van der Waals surface area (Å²) in [4.78, 5) is 26.1. The van der Waals surface area contributed by atoms with E-state index in [0.717, 1.165) is 44.9 Å². The number of carboxylic acid groups (broad SMARTS) is 1. The molecule has 0 heterocycles. The van der Waals surface area contributed by atoms with E-state index in [2.05, 4.69) is 47.6 Å². The second kappa shape index (κ2) is 7.43. The predicted molar refractivity (Wildman–Crippen MR) is 133 cm³/mol. The molecule has 0 aromatic carbocycles. The normalized spacial score (nSPS) is 53.9. The molecule has 5 aliphatic rings. The van der Waals surface area contributed by atoms with Gasteiger partial charge in [-0.15, -0.1) is 0 Å². The minimum absolute atomic E-state index is 0.0411. The molecule has 0 aromatic rings. The van der Waals surface area contributed by atoms with Gasteiger partial charge in [-0.25, -0.2) is 0 Å². The average molecular weight is 471 g/mol. The number of carboxylic acids is 1. The monoisotopic (exact) mass is 470 g/mol. The van der Waals surface area contributed by atoms with Gasteiger partial charge in [0.15, 0.2) is 0 Å². The molecule has 10 atom stereocenters. The molecule has 4 fully saturated rings. The van der Waals surface area contributed by atoms with Crippen LogP contribution in [0.5, 0.6) is 0 Å². The number of fused-ring (bicyclic) bond motifs is 7. The zero-order chi connectivity index (χ0) is 24.9. The largest absolute Gasteiger partial charge is 0.481 e. The highest BCUT2D eigenvalue weighted by atomic mass is 16.4. The summed E-state index contributed by atoms with van der Waals surface area (Å²) in [5.41, 5.74) is -0.282. The van der Waals surface area contributed by atoms with Gasteiger partial charge in [-0.3, -0.25) is 4.79 Å². The SMILES string of the molecule is C[C@H]1[C@H](C)CC[C@]2(C(=O)O)CC[C@]3(C=O)C(=CC[C@@H]4[C@@]5(C)CC[C@H](O)C(C)(C)[C@@H]5CC[C@]43C)[C@H]12. The summed E-state index contributed by atoms with van der Waals surface area (Å²) in [5.74, 6) is 0.874. The fraction of sp³-hybridized carbons (Fsp3) is 0.867. The Labute approximate surface area is 206 Å². The second-order valence-electron chi connectivity index (χ2n) is 14.2. The summed E-state index contributed by atoms with van der Waals surface area (Å²) in [6, 6.07) is 0. The van der Waals surface area contributed by atoms with Crippen molar-refractivity contribution in [2.24, 2.45) is 56.7 Å². The molecule has 0 unspecified atom stereocenters. The molecular weight excluding hydrogens is 424 g/mol. The molecule has 0 aliphatic heterocycles. The molecule has 0 spiro atoms. The van der Waals surface area contributed by atoms with Crippen molar-refractivity contribution >= 4 is 12.3 Å². The molecule has 0 saturated heterocycles. The standard InChI is InChI=1S/C30H46O4/c1-18-9-14-29(25(33)34)15-16-30(17-31)20(24(29)19(18)2)7-8-22-27(5)12-11-23(32)26(3,4)21(27)10-13-28(22,30)6/h7,17-19,21-24,32H,8-16H2,1-6H3,(H,33,34)/t18-,19+,21+,22-,23+,24+,27+,28-,29+,30+/m1/s1. The predicted octanol–water partition coefficient (Wildman–Crippen LogP) is 6.27. The van der Waals surface area contributed by atoms with Crippen LogP contribution in [-0.4, -0.2) is 28.6 Å². The summed E-state index contributed by atoms with van der Waals surface area (Å²) in [6.45, 7) is 13.8. The van der Waals surface area contributed by atoms with E-state index in [-0.39, 0.29) is 34.2 Å². The molecule has 0 aromatic heterocycles. The Bertz CT molecular complexity index is 921. The third-order valence-electron chi connectivity index (χ3n) is 13.1. The Morgan fingerprint density at radius 1 is 0.971 bits per heavy atom. The van der Waals surface area contributed by atoms with Crippen LogP contribution in [0.4, 0.5) is 0 Å². The number of rotatable bonds is 2. The molecule has 4 heteroatoms. The highest BCUT2D eigenvalue weighted by molar-refractivity contribution is 5.79. The Kier molecular flexibility index (Phi) is 5.36. The highest BCUT2D eigenvalue weighted by Crippen LogP contribution is 2.75. The molecule has 34 heavy (non-hydrogen) atoms. The van der Waals surface area contributed by atoms with Crippen molar-refractivity contribution in [2.75, 3.05) is 0 Å². The number of carbonyl (C=O) groups is 2. The summed E-state index contributed by atoms with van der Waals surface area (Å²) < 4.78 is 0. The third-order valence-corrected chi connectivity index (χ3v) is 13.1. The average Bonchev–Trinajstić information content (AvgIpc) is 2.78. The van der Waals surface area contributed by atoms with Crippen molar-refractivity contribution < 1.29 is 19.8 Å². The van der Waals surface area contributed by atoms with Gasteiger partial charge >= 0.3 is 5.97 Å². The van der Waals surface area contributed by atoms with E-state index in [1.54, 1.807) is 0 Å². The number of aliphatic hydroxyl groups is 1. The maximum atomic E-state index is 13.3. The molecule has 0 bridgehead atoms. The zero-order valence-electron chi connectivity index (χ0n) is 22.2. The summed E-state index contributed by atoms with van der Waals surface area (Å²) in [5, 5.41) is 21.4. The number of aldehydes is 1. The molecular formula is C30H46O4. The Balaban J connectivity index is 1.65. The van der Waals surface area contributed by atoms with Crippen molar-refractivity contribution in [3.05, 3.63) is 11.6 Å². The van der Waals surface area contributed by atoms with Gasteiger partial charge in [0.2, 0.25) is 0 Å². The topological polar surface area (TPSA) is 74.6 Å². The van der Waals surface area contributed by atoms with E-state index in [1.807, 2.05) is 0 Å². The zero-order valence-corrected chi connectivity index (χ0v) is 22.2. The maximum absolute atomic E-state index is 13.3. The van der Waals surface area contributed by atoms with Crippen LogP contribution in [0.2, 0.25) is 0 Å². The van der Waals surface area contributed by atoms with Crippen LogP contribution in [0.25, 0.3) is 0 Å². The first-order valence-corrected chi connectivity index (χ1v) is 13.9. The minimum Gasteiger partial charge on any atom is -0.481 e. The molecule has 4 saturated carbocycles. The Morgan fingerprint density at radius 2 is 1.68 bits per heavy atom. The number of carbonyl (C=O) groups excluding carboxylic acids is 1. The van der Waals surface area contributed by atoms with Gasteiger partial charge in [0.1, 0.15) is 6.29 Å². The smallest absolute Gasteiger partial charge is 0.310 e. The first kappa shape index (κ1) is 24.5. The molecule has 190 valence electrons. The van der Waals surface area contributed by atoms with Crippen molar-refractivity contribution in [1.29, 1.82) is 0 Å². The fourth-order valence-corrected chi connectivity index (χ4v) is 10.8. The van der Waals surface area contributed by atoms with Gasteiger partial charge in [-0.2, -0.15) is 0 Å². The summed E-state index contributed by atoms with van der Waals surface area (Å²) in [6.07, 6.45) is 11.2. The van der Waals surface area contributed by atoms with Crippen LogP contribution in [0.1, 0.15) is 99.3 Å². The van der Waals surface area contributed by atoms with Gasteiger partial charge in [0, 0.05) is 0 Å². The summed E-state index contributed by atoms with van der Waals surface area (Å²) in [7, 11) is 0. The van der Waals surface area contributed by atoms with Crippen molar-refractivity contribution in [1.82, 2.24) is 0 Å². The lowest BCUT2D eigenvalue weighted by Crippen LogP contribution is -2.66. The molecule has 0 amide bonds. The number of hydrogen-bond acceptors (Lipinski definition) is 3. The number of hydrogen-bond donors (Lipinski definition) is 2. The molecule has 4 nitrogen and oxygen atoms in total. The molecule has 2 N–H and O–H groups in total. The lowest BCUT2D eigenvalue weighted by molar-refractivity contribution is -0.206. The lowest BCUT2D eigenvalue weighted by Gasteiger charge is -2.70. The van der Waals surface area contributed by atoms with Crippen molar-refractivity contribution in [3.63, 3.8) is 0 Å². The highest BCUT2D eigenvalue weighted by Gasteiger charge is 2.71. The van der Waals surface area contributed by atoms with Gasteiger partial charge in [-0.1, -0.05) is 53.2 Å². The van der Waals surface area contributed by atoms with Crippen LogP contribution >= 0.6 is 0 Å². The quantitative estimate of drug-likeness (QED) is 0.368.